The van der Waals surface area contributed by atoms with Gasteiger partial charge >= 0.3 is 0 Å². The fraction of sp³-hybridized carbons (Fsp3) is 0.538. The van der Waals surface area contributed by atoms with E-state index in [2.05, 4.69) is 5.32 Å². The first-order chi connectivity index (χ1) is 9.28. The maximum atomic E-state index is 13.1. The number of benzene rings is 1. The Kier molecular flexibility index (Phi) is 4.39. The predicted molar refractivity (Wildman–Crippen MR) is 69.5 cm³/mol. The predicted octanol–water partition coefficient (Wildman–Crippen LogP) is 2.19. The van der Waals surface area contributed by atoms with Crippen LogP contribution in [0.1, 0.15) is 24.9 Å². The van der Waals surface area contributed by atoms with Gasteiger partial charge in [-0.1, -0.05) is 0 Å². The standard InChI is InChI=1S/C13H16F3NO2S/c1-8(10-4-11(14)13(16)12(15)5-10)17-6-9-2-3-20(18,19)7-9/h4-5,8-9,17H,2-3,6-7H2,1H3/t8-,9+/m1/s1. The average Bonchev–Trinajstić information content (AvgIpc) is 2.72. The SMILES string of the molecule is C[C@@H](NC[C@@H]1CCS(=O)(=O)C1)c1cc(F)c(F)c(F)c1. The van der Waals surface area contributed by atoms with Gasteiger partial charge < -0.3 is 5.32 Å². The zero-order chi connectivity index (χ0) is 14.9. The Morgan fingerprint density at radius 1 is 1.30 bits per heavy atom. The third-order valence-corrected chi connectivity index (χ3v) is 5.38. The van der Waals surface area contributed by atoms with Crippen LogP contribution < -0.4 is 5.32 Å². The van der Waals surface area contributed by atoms with E-state index in [1.807, 2.05) is 0 Å². The van der Waals surface area contributed by atoms with E-state index in [1.54, 1.807) is 6.92 Å². The molecule has 0 aromatic heterocycles. The number of hydrogen-bond donors (Lipinski definition) is 1. The maximum Gasteiger partial charge on any atom is 0.194 e. The number of sulfone groups is 1. The van der Waals surface area contributed by atoms with Crippen molar-refractivity contribution >= 4 is 9.84 Å². The topological polar surface area (TPSA) is 46.2 Å². The third kappa shape index (κ3) is 3.52. The second kappa shape index (κ2) is 5.73. The highest BCUT2D eigenvalue weighted by Gasteiger charge is 2.28. The van der Waals surface area contributed by atoms with Crippen molar-refractivity contribution < 1.29 is 21.6 Å². The lowest BCUT2D eigenvalue weighted by Crippen LogP contribution is -2.26. The number of hydrogen-bond acceptors (Lipinski definition) is 3. The summed E-state index contributed by atoms with van der Waals surface area (Å²) in [7, 11) is -2.94. The normalized spacial score (nSPS) is 22.9. The summed E-state index contributed by atoms with van der Waals surface area (Å²) in [5.41, 5.74) is 0.294. The smallest absolute Gasteiger partial charge is 0.194 e. The van der Waals surface area contributed by atoms with Crippen LogP contribution >= 0.6 is 0 Å². The average molecular weight is 307 g/mol. The van der Waals surface area contributed by atoms with E-state index in [4.69, 9.17) is 0 Å². The molecule has 0 saturated carbocycles. The van der Waals surface area contributed by atoms with Crippen LogP contribution in [0.25, 0.3) is 0 Å². The lowest BCUT2D eigenvalue weighted by molar-refractivity contribution is 0.436. The van der Waals surface area contributed by atoms with Crippen molar-refractivity contribution in [3.63, 3.8) is 0 Å². The van der Waals surface area contributed by atoms with Crippen molar-refractivity contribution in [3.8, 4) is 0 Å². The molecule has 0 unspecified atom stereocenters. The molecule has 112 valence electrons. The van der Waals surface area contributed by atoms with Crippen LogP contribution in [0.3, 0.4) is 0 Å². The van der Waals surface area contributed by atoms with E-state index in [0.29, 0.717) is 18.5 Å². The first kappa shape index (κ1) is 15.3. The van der Waals surface area contributed by atoms with Crippen molar-refractivity contribution in [1.29, 1.82) is 0 Å². The van der Waals surface area contributed by atoms with Crippen LogP contribution in [0.4, 0.5) is 13.2 Å². The van der Waals surface area contributed by atoms with Gasteiger partial charge in [-0.25, -0.2) is 21.6 Å². The molecule has 0 amide bonds. The van der Waals surface area contributed by atoms with E-state index in [9.17, 15) is 21.6 Å². The van der Waals surface area contributed by atoms with Gasteiger partial charge in [-0.2, -0.15) is 0 Å². The molecule has 0 aliphatic carbocycles. The van der Waals surface area contributed by atoms with E-state index in [1.165, 1.54) is 0 Å². The van der Waals surface area contributed by atoms with Crippen LogP contribution in [0.2, 0.25) is 0 Å². The van der Waals surface area contributed by atoms with Crippen LogP contribution in [-0.2, 0) is 9.84 Å². The molecule has 7 heteroatoms. The van der Waals surface area contributed by atoms with E-state index in [-0.39, 0.29) is 23.5 Å². The quantitative estimate of drug-likeness (QED) is 0.867. The van der Waals surface area contributed by atoms with E-state index in [0.717, 1.165) is 12.1 Å². The van der Waals surface area contributed by atoms with Gasteiger partial charge in [0.2, 0.25) is 0 Å². The Morgan fingerprint density at radius 3 is 2.40 bits per heavy atom. The molecule has 20 heavy (non-hydrogen) atoms. The number of rotatable bonds is 4. The van der Waals surface area contributed by atoms with Crippen molar-refractivity contribution in [1.82, 2.24) is 5.32 Å². The van der Waals surface area contributed by atoms with Crippen LogP contribution in [0, 0.1) is 23.4 Å². The number of halogens is 3. The molecule has 0 radical (unpaired) electrons. The monoisotopic (exact) mass is 307 g/mol. The zero-order valence-corrected chi connectivity index (χ0v) is 11.8. The molecule has 1 aliphatic heterocycles. The second-order valence-electron chi connectivity index (χ2n) is 5.20. The summed E-state index contributed by atoms with van der Waals surface area (Å²) >= 11 is 0. The first-order valence-electron chi connectivity index (χ1n) is 6.37. The molecule has 0 spiro atoms. The van der Waals surface area contributed by atoms with Gasteiger partial charge in [-0.05, 0) is 43.5 Å². The minimum Gasteiger partial charge on any atom is -0.310 e. The molecule has 1 saturated heterocycles. The molecule has 2 rings (SSSR count). The molecule has 3 nitrogen and oxygen atoms in total. The fourth-order valence-corrected chi connectivity index (χ4v) is 4.18. The van der Waals surface area contributed by atoms with Gasteiger partial charge in [0, 0.05) is 6.04 Å². The van der Waals surface area contributed by atoms with Crippen molar-refractivity contribution in [2.24, 2.45) is 5.92 Å². The summed E-state index contributed by atoms with van der Waals surface area (Å²) in [6.45, 7) is 2.14. The summed E-state index contributed by atoms with van der Waals surface area (Å²) in [6.07, 6.45) is 0.591. The first-order valence-corrected chi connectivity index (χ1v) is 8.19. The van der Waals surface area contributed by atoms with Gasteiger partial charge in [0.25, 0.3) is 0 Å². The zero-order valence-electron chi connectivity index (χ0n) is 11.0. The Morgan fingerprint density at radius 2 is 1.90 bits per heavy atom. The molecule has 0 bridgehead atoms. The largest absolute Gasteiger partial charge is 0.310 e. The fourth-order valence-electron chi connectivity index (χ4n) is 2.32. The highest BCUT2D eigenvalue weighted by molar-refractivity contribution is 7.91. The maximum absolute atomic E-state index is 13.1. The summed E-state index contributed by atoms with van der Waals surface area (Å²) in [6, 6.07) is 1.51. The highest BCUT2D eigenvalue weighted by atomic mass is 32.2. The van der Waals surface area contributed by atoms with Crippen molar-refractivity contribution in [2.75, 3.05) is 18.1 Å². The Bertz CT molecular complexity index is 581. The molecule has 1 aromatic rings. The Hall–Kier alpha value is -1.08. The van der Waals surface area contributed by atoms with Crippen molar-refractivity contribution in [3.05, 3.63) is 35.1 Å². The van der Waals surface area contributed by atoms with Gasteiger partial charge in [0.1, 0.15) is 0 Å². The van der Waals surface area contributed by atoms with E-state index >= 15 is 0 Å². The molecular formula is C13H16F3NO2S. The van der Waals surface area contributed by atoms with Crippen LogP contribution in [0.15, 0.2) is 12.1 Å². The molecule has 1 aromatic carbocycles. The van der Waals surface area contributed by atoms with Gasteiger partial charge in [-0.3, -0.25) is 0 Å². The molecule has 1 aliphatic rings. The summed E-state index contributed by atoms with van der Waals surface area (Å²) in [4.78, 5) is 0. The lowest BCUT2D eigenvalue weighted by atomic mass is 10.1. The number of nitrogens with one attached hydrogen (secondary N) is 1. The molecule has 1 N–H and O–H groups in total. The third-order valence-electron chi connectivity index (χ3n) is 3.55. The minimum absolute atomic E-state index is 0.0117. The highest BCUT2D eigenvalue weighted by Crippen LogP contribution is 2.21. The molecule has 1 heterocycles. The Labute approximate surface area is 116 Å². The van der Waals surface area contributed by atoms with Gasteiger partial charge in [-0.15, -0.1) is 0 Å². The minimum atomic E-state index is -2.94. The summed E-state index contributed by atoms with van der Waals surface area (Å²) < 4.78 is 61.7. The summed E-state index contributed by atoms with van der Waals surface area (Å²) in [5.74, 6) is -3.60. The molecule has 1 fully saturated rings. The molecular weight excluding hydrogens is 291 g/mol. The van der Waals surface area contributed by atoms with Gasteiger partial charge in [0.15, 0.2) is 27.3 Å². The second-order valence-corrected chi connectivity index (χ2v) is 7.43. The van der Waals surface area contributed by atoms with Crippen molar-refractivity contribution in [2.45, 2.75) is 19.4 Å². The van der Waals surface area contributed by atoms with E-state index < -0.39 is 27.3 Å². The molecule has 2 atom stereocenters. The Balaban J connectivity index is 1.97. The lowest BCUT2D eigenvalue weighted by Gasteiger charge is -2.17. The van der Waals surface area contributed by atoms with Crippen LogP contribution in [0.5, 0.6) is 0 Å². The van der Waals surface area contributed by atoms with Crippen LogP contribution in [-0.4, -0.2) is 26.5 Å². The summed E-state index contributed by atoms with van der Waals surface area (Å²) in [5, 5.41) is 3.03. The van der Waals surface area contributed by atoms with Gasteiger partial charge in [0.05, 0.1) is 11.5 Å².